The Hall–Kier alpha value is -3.38. The summed E-state index contributed by atoms with van der Waals surface area (Å²) in [7, 11) is -2.42. The van der Waals surface area contributed by atoms with Gasteiger partial charge >= 0.3 is 0 Å². The number of carbonyl (C=O) groups is 1. The van der Waals surface area contributed by atoms with E-state index in [2.05, 4.69) is 0 Å². The molecule has 1 aliphatic heterocycles. The average molecular weight is 420 g/mol. The molecule has 1 heterocycles. The van der Waals surface area contributed by atoms with Gasteiger partial charge in [-0.15, -0.1) is 0 Å². The summed E-state index contributed by atoms with van der Waals surface area (Å²) in [6.45, 7) is 0. The Morgan fingerprint density at radius 3 is 2.07 bits per heavy atom. The van der Waals surface area contributed by atoms with E-state index < -0.39 is 16.1 Å². The van der Waals surface area contributed by atoms with Crippen molar-refractivity contribution in [3.05, 3.63) is 108 Å². The van der Waals surface area contributed by atoms with Gasteiger partial charge in [-0.25, -0.2) is 8.42 Å². The summed E-state index contributed by atoms with van der Waals surface area (Å²) in [4.78, 5) is 13.6. The van der Waals surface area contributed by atoms with E-state index >= 15 is 0 Å². The largest absolute Gasteiger partial charge is 0.497 e. The predicted molar refractivity (Wildman–Crippen MR) is 115 cm³/mol. The van der Waals surface area contributed by atoms with E-state index in [9.17, 15) is 13.2 Å². The van der Waals surface area contributed by atoms with Crippen LogP contribution in [0.15, 0.2) is 102 Å². The zero-order valence-electron chi connectivity index (χ0n) is 16.4. The molecule has 0 aliphatic carbocycles. The van der Waals surface area contributed by atoms with Crippen LogP contribution in [0.1, 0.15) is 21.8 Å². The van der Waals surface area contributed by atoms with Crippen LogP contribution in [0.25, 0.3) is 0 Å². The first-order valence-corrected chi connectivity index (χ1v) is 11.0. The zero-order chi connectivity index (χ0) is 21.1. The van der Waals surface area contributed by atoms with Gasteiger partial charge in [0, 0.05) is 17.7 Å². The smallest absolute Gasteiger partial charge is 0.264 e. The molecule has 0 amide bonds. The summed E-state index contributed by atoms with van der Waals surface area (Å²) in [6, 6.07) is 23.5. The number of benzene rings is 3. The Morgan fingerprint density at radius 2 is 1.47 bits per heavy atom. The molecular formula is C24H21NO4S. The fourth-order valence-corrected chi connectivity index (χ4v) is 5.13. The lowest BCUT2D eigenvalue weighted by Gasteiger charge is -2.28. The highest BCUT2D eigenvalue weighted by Gasteiger charge is 2.42. The summed E-state index contributed by atoms with van der Waals surface area (Å²) in [5.41, 5.74) is 1.36. The lowest BCUT2D eigenvalue weighted by molar-refractivity contribution is 0.0915. The van der Waals surface area contributed by atoms with Gasteiger partial charge in [-0.05, 0) is 29.8 Å². The number of Topliss-reactive ketones (excluding diaryl/α,β-unsaturated/α-hetero) is 1. The maximum atomic E-state index is 13.5. The molecule has 3 aromatic rings. The van der Waals surface area contributed by atoms with Crippen LogP contribution in [-0.2, 0) is 10.0 Å². The fraction of sp³-hybridized carbons (Fsp3) is 0.125. The monoisotopic (exact) mass is 419 g/mol. The number of methoxy groups -OCH3 is 1. The van der Waals surface area contributed by atoms with Crippen LogP contribution in [-0.4, -0.2) is 31.7 Å². The maximum absolute atomic E-state index is 13.5. The van der Waals surface area contributed by atoms with E-state index in [0.717, 1.165) is 5.56 Å². The van der Waals surface area contributed by atoms with Gasteiger partial charge < -0.3 is 4.74 Å². The summed E-state index contributed by atoms with van der Waals surface area (Å²) < 4.78 is 33.2. The highest BCUT2D eigenvalue weighted by atomic mass is 32.2. The van der Waals surface area contributed by atoms with Crippen molar-refractivity contribution in [3.8, 4) is 5.75 Å². The third-order valence-electron chi connectivity index (χ3n) is 5.20. The number of hydrogen-bond acceptors (Lipinski definition) is 4. The first kappa shape index (κ1) is 19.9. The minimum Gasteiger partial charge on any atom is -0.497 e. The molecular weight excluding hydrogens is 398 g/mol. The molecule has 0 radical (unpaired) electrons. The number of hydrogen-bond donors (Lipinski definition) is 0. The van der Waals surface area contributed by atoms with Crippen LogP contribution in [0.4, 0.5) is 0 Å². The van der Waals surface area contributed by atoms with Crippen molar-refractivity contribution in [3.63, 3.8) is 0 Å². The molecule has 0 unspecified atom stereocenters. The van der Waals surface area contributed by atoms with Crippen molar-refractivity contribution in [2.24, 2.45) is 0 Å². The number of ether oxygens (including phenoxy) is 1. The second-order valence-electron chi connectivity index (χ2n) is 6.96. The molecule has 0 bridgehead atoms. The van der Waals surface area contributed by atoms with Crippen LogP contribution in [0.3, 0.4) is 0 Å². The maximum Gasteiger partial charge on any atom is 0.264 e. The van der Waals surface area contributed by atoms with Gasteiger partial charge in [0.2, 0.25) is 0 Å². The van der Waals surface area contributed by atoms with Crippen molar-refractivity contribution in [2.45, 2.75) is 16.9 Å². The second kappa shape index (κ2) is 8.16. The van der Waals surface area contributed by atoms with Gasteiger partial charge in [0.25, 0.3) is 10.0 Å². The van der Waals surface area contributed by atoms with Crippen LogP contribution >= 0.6 is 0 Å². The summed E-state index contributed by atoms with van der Waals surface area (Å²) in [6.07, 6.45) is 3.28. The number of carbonyl (C=O) groups excluding carboxylic acids is 1. The third kappa shape index (κ3) is 3.62. The van der Waals surface area contributed by atoms with Gasteiger partial charge in [-0.1, -0.05) is 66.7 Å². The molecule has 152 valence electrons. The normalized spacial score (nSPS) is 18.4. The molecule has 0 spiro atoms. The number of nitrogens with zero attached hydrogens (tertiary/aromatic N) is 1. The topological polar surface area (TPSA) is 63.7 Å². The van der Waals surface area contributed by atoms with Gasteiger partial charge in [0.15, 0.2) is 5.78 Å². The molecule has 5 nitrogen and oxygen atoms in total. The Kier molecular flexibility index (Phi) is 5.42. The quantitative estimate of drug-likeness (QED) is 0.561. The Bertz CT molecular complexity index is 1160. The van der Waals surface area contributed by atoms with Crippen molar-refractivity contribution >= 4 is 15.8 Å². The molecule has 0 aromatic heterocycles. The molecule has 1 aliphatic rings. The molecule has 30 heavy (non-hydrogen) atoms. The molecule has 6 heteroatoms. The second-order valence-corrected chi connectivity index (χ2v) is 8.81. The predicted octanol–water partition coefficient (Wildman–Crippen LogP) is 4.25. The lowest BCUT2D eigenvalue weighted by Crippen LogP contribution is -2.41. The van der Waals surface area contributed by atoms with Crippen molar-refractivity contribution < 1.29 is 17.9 Å². The first-order chi connectivity index (χ1) is 14.5. The van der Waals surface area contributed by atoms with Crippen LogP contribution in [0.2, 0.25) is 0 Å². The third-order valence-corrected chi connectivity index (χ3v) is 6.97. The van der Waals surface area contributed by atoms with Crippen LogP contribution in [0, 0.1) is 0 Å². The van der Waals surface area contributed by atoms with E-state index in [4.69, 9.17) is 4.74 Å². The highest BCUT2D eigenvalue weighted by molar-refractivity contribution is 7.89. The average Bonchev–Trinajstić information content (AvgIpc) is 3.26. The standard InChI is InChI=1S/C24H21NO4S/c1-29-20-12-14-21(15-13-20)30(27,28)25-17-16-22(18-8-4-2-5-9-18)23(25)24(26)19-10-6-3-7-11-19/h2-17,22-23H,1H3/t22-,23+/m0/s1. The highest BCUT2D eigenvalue weighted by Crippen LogP contribution is 2.36. The molecule has 0 saturated heterocycles. The summed E-state index contributed by atoms with van der Waals surface area (Å²) >= 11 is 0. The van der Waals surface area contributed by atoms with E-state index in [0.29, 0.717) is 11.3 Å². The van der Waals surface area contributed by atoms with Gasteiger partial charge in [-0.3, -0.25) is 9.10 Å². The van der Waals surface area contributed by atoms with E-state index in [1.54, 1.807) is 42.5 Å². The first-order valence-electron chi connectivity index (χ1n) is 9.52. The minimum atomic E-state index is -3.94. The van der Waals surface area contributed by atoms with Crippen molar-refractivity contribution in [1.29, 1.82) is 0 Å². The fourth-order valence-electron chi connectivity index (χ4n) is 3.65. The summed E-state index contributed by atoms with van der Waals surface area (Å²) in [5, 5.41) is 0. The zero-order valence-corrected chi connectivity index (χ0v) is 17.2. The number of ketones is 1. The Labute approximate surface area is 176 Å². The molecule has 3 aromatic carbocycles. The molecule has 0 N–H and O–H groups in total. The van der Waals surface area contributed by atoms with Crippen LogP contribution < -0.4 is 4.74 Å². The van der Waals surface area contributed by atoms with E-state index in [1.807, 2.05) is 36.4 Å². The van der Waals surface area contributed by atoms with E-state index in [-0.39, 0.29) is 16.6 Å². The lowest BCUT2D eigenvalue weighted by atomic mass is 9.88. The molecule has 2 atom stereocenters. The summed E-state index contributed by atoms with van der Waals surface area (Å²) in [5.74, 6) is -0.0662. The van der Waals surface area contributed by atoms with Gasteiger partial charge in [-0.2, -0.15) is 0 Å². The van der Waals surface area contributed by atoms with Gasteiger partial charge in [0.05, 0.1) is 12.0 Å². The number of rotatable bonds is 6. The molecule has 0 fully saturated rings. The van der Waals surface area contributed by atoms with Crippen LogP contribution in [0.5, 0.6) is 5.75 Å². The Balaban J connectivity index is 1.77. The van der Waals surface area contributed by atoms with Gasteiger partial charge in [0.1, 0.15) is 11.8 Å². The number of sulfonamides is 1. The molecule has 0 saturated carbocycles. The van der Waals surface area contributed by atoms with Crippen molar-refractivity contribution in [1.82, 2.24) is 4.31 Å². The SMILES string of the molecule is COc1ccc(S(=O)(=O)N2C=C[C@@H](c3ccccc3)[C@@H]2C(=O)c2ccccc2)cc1. The molecule has 4 rings (SSSR count). The minimum absolute atomic E-state index is 0.104. The Morgan fingerprint density at radius 1 is 0.867 bits per heavy atom. The van der Waals surface area contributed by atoms with E-state index in [1.165, 1.54) is 29.7 Å². The van der Waals surface area contributed by atoms with Crippen molar-refractivity contribution in [2.75, 3.05) is 7.11 Å².